The van der Waals surface area contributed by atoms with Gasteiger partial charge in [-0.2, -0.15) is 15.0 Å². The molecule has 18 rings (SSSR count). The first-order valence-corrected chi connectivity index (χ1v) is 24.8. The van der Waals surface area contributed by atoms with Crippen molar-refractivity contribution in [3.8, 4) is 23.5 Å². The molecule has 5 aromatic heterocycles. The third kappa shape index (κ3) is 4.86. The van der Waals surface area contributed by atoms with Crippen LogP contribution in [0.4, 0.5) is 0 Å². The molecule has 0 fully saturated rings. The van der Waals surface area contributed by atoms with Crippen LogP contribution in [0.3, 0.4) is 0 Å². The molecule has 5 heterocycles. The van der Waals surface area contributed by atoms with Gasteiger partial charge in [-0.1, -0.05) is 164 Å². The Hall–Kier alpha value is -9.59. The summed E-state index contributed by atoms with van der Waals surface area (Å²) in [5, 5.41) is 9.59. The van der Waals surface area contributed by atoms with Crippen LogP contribution in [0.15, 0.2) is 224 Å². The maximum atomic E-state index is 5.62. The Labute approximate surface area is 411 Å². The molecule has 3 aliphatic carbocycles. The van der Waals surface area contributed by atoms with Gasteiger partial charge in [0.2, 0.25) is 17.8 Å². The van der Waals surface area contributed by atoms with Gasteiger partial charge in [-0.25, -0.2) is 0 Å². The monoisotopic (exact) mass is 917 g/mol. The molecule has 2 unspecified atom stereocenters. The predicted molar refractivity (Wildman–Crippen MR) is 292 cm³/mol. The first kappa shape index (κ1) is 38.3. The molecule has 0 radical (unpaired) electrons. The highest BCUT2D eigenvalue weighted by Crippen LogP contribution is 2.60. The van der Waals surface area contributed by atoms with E-state index in [9.17, 15) is 0 Å². The largest absolute Gasteiger partial charge is 0.309 e. The number of hydrogen-bond acceptors (Lipinski definition) is 3. The zero-order valence-electron chi connectivity index (χ0n) is 38.6. The fourth-order valence-corrected chi connectivity index (χ4v) is 13.3. The van der Waals surface area contributed by atoms with Crippen LogP contribution in [-0.2, 0) is 0 Å². The Morgan fingerprint density at radius 2 is 0.556 bits per heavy atom. The zero-order valence-corrected chi connectivity index (χ0v) is 38.6. The van der Waals surface area contributed by atoms with Crippen LogP contribution < -0.4 is 0 Å². The normalized spacial score (nSPS) is 14.9. The number of aromatic nitrogens is 7. The van der Waals surface area contributed by atoms with Gasteiger partial charge in [-0.05, 0) is 94.0 Å². The van der Waals surface area contributed by atoms with E-state index < -0.39 is 0 Å². The number of benzene rings is 10. The molecule has 0 saturated heterocycles. The van der Waals surface area contributed by atoms with Crippen LogP contribution in [0.25, 0.3) is 111 Å². The number of rotatable bonds is 4. The van der Waals surface area contributed by atoms with E-state index in [-0.39, 0.29) is 11.8 Å². The van der Waals surface area contributed by atoms with E-state index in [1.54, 1.807) is 0 Å². The van der Waals surface area contributed by atoms with Gasteiger partial charge >= 0.3 is 0 Å². The van der Waals surface area contributed by atoms with Crippen molar-refractivity contribution in [3.05, 3.63) is 258 Å². The van der Waals surface area contributed by atoms with Gasteiger partial charge < -0.3 is 4.57 Å². The minimum absolute atomic E-state index is 0.0300. The van der Waals surface area contributed by atoms with Gasteiger partial charge in [0.1, 0.15) is 0 Å². The molecule has 10 aromatic carbocycles. The van der Waals surface area contributed by atoms with Gasteiger partial charge in [0.15, 0.2) is 0 Å². The molecule has 2 bridgehead atoms. The Kier molecular flexibility index (Phi) is 7.46. The highest BCUT2D eigenvalue weighted by molar-refractivity contribution is 6.16. The summed E-state index contributed by atoms with van der Waals surface area (Å²) < 4.78 is 9.19. The van der Waals surface area contributed by atoms with E-state index in [2.05, 4.69) is 243 Å². The molecule has 7 heteroatoms. The molecule has 334 valence electrons. The van der Waals surface area contributed by atoms with Crippen molar-refractivity contribution in [2.75, 3.05) is 0 Å². The lowest BCUT2D eigenvalue weighted by Gasteiger charge is -2.43. The Morgan fingerprint density at radius 1 is 0.236 bits per heavy atom. The Bertz CT molecular complexity index is 4600. The zero-order chi connectivity index (χ0) is 46.8. The number of hydrogen-bond donors (Lipinski definition) is 0. The van der Waals surface area contributed by atoms with E-state index in [4.69, 9.17) is 15.0 Å². The maximum Gasteiger partial charge on any atom is 0.241 e. The summed E-state index contributed by atoms with van der Waals surface area (Å²) in [5.74, 6) is 1.69. The molecule has 0 amide bonds. The molecule has 0 aliphatic heterocycles. The van der Waals surface area contributed by atoms with Crippen molar-refractivity contribution in [2.45, 2.75) is 11.8 Å². The van der Waals surface area contributed by atoms with Crippen molar-refractivity contribution in [1.29, 1.82) is 0 Å². The molecule has 72 heavy (non-hydrogen) atoms. The minimum atomic E-state index is -0.0300. The maximum absolute atomic E-state index is 5.62. The van der Waals surface area contributed by atoms with Crippen LogP contribution in [0.2, 0.25) is 0 Å². The first-order chi connectivity index (χ1) is 35.8. The van der Waals surface area contributed by atoms with Crippen LogP contribution in [0, 0.1) is 0 Å². The topological polar surface area (TPSA) is 58.4 Å². The van der Waals surface area contributed by atoms with E-state index in [0.717, 1.165) is 60.3 Å². The van der Waals surface area contributed by atoms with E-state index in [1.165, 1.54) is 66.0 Å². The molecular formula is C65H39N7. The van der Waals surface area contributed by atoms with Crippen LogP contribution in [-0.4, -0.2) is 33.2 Å². The molecule has 7 nitrogen and oxygen atoms in total. The fraction of sp³-hybridized carbons (Fsp3) is 0.0308. The van der Waals surface area contributed by atoms with Gasteiger partial charge in [-0.15, -0.1) is 0 Å². The molecule has 0 N–H and O–H groups in total. The summed E-state index contributed by atoms with van der Waals surface area (Å²) in [6.07, 6.45) is 0. The summed E-state index contributed by atoms with van der Waals surface area (Å²) in [6.45, 7) is 0. The summed E-state index contributed by atoms with van der Waals surface area (Å²) >= 11 is 0. The van der Waals surface area contributed by atoms with E-state index >= 15 is 0 Å². The van der Waals surface area contributed by atoms with Gasteiger partial charge in [0.25, 0.3) is 0 Å². The predicted octanol–water partition coefficient (Wildman–Crippen LogP) is 15.2. The molecule has 2 atom stereocenters. The number of nitrogens with zero attached hydrogens (tertiary/aromatic N) is 7. The smallest absolute Gasteiger partial charge is 0.241 e. The molecule has 0 saturated carbocycles. The van der Waals surface area contributed by atoms with E-state index in [0.29, 0.717) is 17.8 Å². The molecule has 3 aliphatic rings. The highest BCUT2D eigenvalue weighted by Gasteiger charge is 2.44. The SMILES string of the molecule is c1ccc(-n2c3ccccc3c3c4c(ccc32)C2c3ccccc3C4c3c2ccc2c3c3ccccc3n2-c2nc(-n3c4ccccc4c4ccccc43)nc(-n3c4ccccc4c4ccccc43)n2)cc1. The number of para-hydroxylation sites is 7. The van der Waals surface area contributed by atoms with Gasteiger partial charge in [-0.3, -0.25) is 13.7 Å². The highest BCUT2D eigenvalue weighted by atomic mass is 15.3. The number of fused-ring (bicyclic) bond motifs is 12. The van der Waals surface area contributed by atoms with Crippen molar-refractivity contribution < 1.29 is 0 Å². The van der Waals surface area contributed by atoms with Crippen LogP contribution in [0.1, 0.15) is 45.2 Å². The van der Waals surface area contributed by atoms with Gasteiger partial charge in [0, 0.05) is 60.6 Å². The molecule has 0 spiro atoms. The van der Waals surface area contributed by atoms with Crippen molar-refractivity contribution in [3.63, 3.8) is 0 Å². The average molecular weight is 918 g/mol. The minimum Gasteiger partial charge on any atom is -0.309 e. The second kappa shape index (κ2) is 14.0. The summed E-state index contributed by atoms with van der Waals surface area (Å²) in [7, 11) is 0. The van der Waals surface area contributed by atoms with Crippen LogP contribution >= 0.6 is 0 Å². The lowest BCUT2D eigenvalue weighted by Crippen LogP contribution is -2.28. The van der Waals surface area contributed by atoms with Crippen molar-refractivity contribution in [2.24, 2.45) is 0 Å². The Balaban J connectivity index is 0.990. The van der Waals surface area contributed by atoms with Crippen molar-refractivity contribution in [1.82, 2.24) is 33.2 Å². The standard InChI is InChI=1S/C65H39N7/c1-2-18-38(19-3-1)69-53-32-16-10-26-45(53)58-55(69)36-34-47-57-43-24-4-5-25-44(43)60(61(47)58)62-48(57)35-37-56-59(62)46-27-11-17-33-54(46)72(56)65-67-63(70-49-28-12-6-20-39(49)40-21-7-13-29-50(40)70)66-64(68-65)71-51-30-14-8-22-41(51)42-23-9-15-31-52(42)71/h1-37,57,60H. The fourth-order valence-electron chi connectivity index (χ4n) is 13.3. The lowest BCUT2D eigenvalue weighted by atomic mass is 9.59. The third-order valence-electron chi connectivity index (χ3n) is 16.0. The first-order valence-electron chi connectivity index (χ1n) is 24.8. The quantitative estimate of drug-likeness (QED) is 0.177. The third-order valence-corrected chi connectivity index (χ3v) is 16.0. The lowest BCUT2D eigenvalue weighted by molar-refractivity contribution is 0.767. The van der Waals surface area contributed by atoms with Gasteiger partial charge in [0.05, 0.1) is 44.1 Å². The van der Waals surface area contributed by atoms with Crippen molar-refractivity contribution >= 4 is 87.2 Å². The summed E-state index contributed by atoms with van der Waals surface area (Å²) in [6, 6.07) is 81.7. The summed E-state index contributed by atoms with van der Waals surface area (Å²) in [5.41, 5.74) is 18.1. The second-order valence-corrected chi connectivity index (χ2v) is 19.4. The summed E-state index contributed by atoms with van der Waals surface area (Å²) in [4.78, 5) is 16.7. The average Bonchev–Trinajstić information content (AvgIpc) is 4.18. The second-order valence-electron chi connectivity index (χ2n) is 19.4. The molecule has 15 aromatic rings. The van der Waals surface area contributed by atoms with Crippen LogP contribution in [0.5, 0.6) is 0 Å². The van der Waals surface area contributed by atoms with E-state index in [1.807, 2.05) is 0 Å². The Morgan fingerprint density at radius 3 is 1.00 bits per heavy atom. The molecular weight excluding hydrogens is 879 g/mol.